The Hall–Kier alpha value is -0.670. The minimum absolute atomic E-state index is 0.0986. The van der Waals surface area contributed by atoms with Gasteiger partial charge in [-0.15, -0.1) is 0 Å². The van der Waals surface area contributed by atoms with E-state index in [1.165, 1.54) is 0 Å². The van der Waals surface area contributed by atoms with Crippen LogP contribution in [0.15, 0.2) is 28.7 Å². The molecule has 0 unspecified atom stereocenters. The maximum atomic E-state index is 10.0. The summed E-state index contributed by atoms with van der Waals surface area (Å²) >= 11 is 3.30. The van der Waals surface area contributed by atoms with Crippen molar-refractivity contribution in [1.82, 2.24) is 0 Å². The number of Topliss-reactive ketones (excluding diaryl/α,β-unsaturated/α-hetero) is 1. The summed E-state index contributed by atoms with van der Waals surface area (Å²) in [4.78, 5) is 10.0. The van der Waals surface area contributed by atoms with Crippen LogP contribution in [0.5, 0.6) is 0 Å². The van der Waals surface area contributed by atoms with Gasteiger partial charge < -0.3 is 9.90 Å². The van der Waals surface area contributed by atoms with Gasteiger partial charge in [-0.3, -0.25) is 0 Å². The van der Waals surface area contributed by atoms with Crippen molar-refractivity contribution in [2.45, 2.75) is 33.3 Å². The SMILES string of the molecule is CCCC(C)=O.OCc1ccccc1Br. The molecule has 84 valence electrons. The number of ketones is 1. The second-order valence-electron chi connectivity index (χ2n) is 3.20. The van der Waals surface area contributed by atoms with Crippen LogP contribution in [0.4, 0.5) is 0 Å². The van der Waals surface area contributed by atoms with E-state index in [4.69, 9.17) is 5.11 Å². The summed E-state index contributed by atoms with van der Waals surface area (Å²) in [6, 6.07) is 7.61. The fourth-order valence-electron chi connectivity index (χ4n) is 0.979. The van der Waals surface area contributed by atoms with Crippen LogP contribution in [0.25, 0.3) is 0 Å². The summed E-state index contributed by atoms with van der Waals surface area (Å²) in [6.45, 7) is 3.71. The van der Waals surface area contributed by atoms with Crippen LogP contribution in [0.1, 0.15) is 32.3 Å². The van der Waals surface area contributed by atoms with Crippen LogP contribution < -0.4 is 0 Å². The molecule has 0 saturated heterocycles. The second kappa shape index (κ2) is 8.62. The first-order valence-electron chi connectivity index (χ1n) is 4.95. The second-order valence-corrected chi connectivity index (χ2v) is 4.06. The maximum absolute atomic E-state index is 10.0. The van der Waals surface area contributed by atoms with Crippen molar-refractivity contribution in [3.8, 4) is 0 Å². The van der Waals surface area contributed by atoms with Gasteiger partial charge in [-0.2, -0.15) is 0 Å². The number of carbonyl (C=O) groups excluding carboxylic acids is 1. The van der Waals surface area contributed by atoms with Gasteiger partial charge in [0.15, 0.2) is 0 Å². The fourth-order valence-corrected chi connectivity index (χ4v) is 1.39. The Morgan fingerprint density at radius 2 is 2.00 bits per heavy atom. The van der Waals surface area contributed by atoms with Crippen LogP contribution in [-0.2, 0) is 11.4 Å². The third kappa shape index (κ3) is 7.28. The minimum Gasteiger partial charge on any atom is -0.392 e. The van der Waals surface area contributed by atoms with E-state index in [-0.39, 0.29) is 12.4 Å². The lowest BCUT2D eigenvalue weighted by Gasteiger charge is -1.96. The van der Waals surface area contributed by atoms with Crippen molar-refractivity contribution in [2.75, 3.05) is 0 Å². The molecule has 1 N–H and O–H groups in total. The van der Waals surface area contributed by atoms with Gasteiger partial charge in [-0.05, 0) is 25.0 Å². The van der Waals surface area contributed by atoms with Crippen LogP contribution in [0, 0.1) is 0 Å². The summed E-state index contributed by atoms with van der Waals surface area (Å²) in [5, 5.41) is 8.69. The molecule has 15 heavy (non-hydrogen) atoms. The van der Waals surface area contributed by atoms with Crippen molar-refractivity contribution in [1.29, 1.82) is 0 Å². The number of aliphatic hydroxyl groups excluding tert-OH is 1. The molecule has 1 rings (SSSR count). The van der Waals surface area contributed by atoms with Gasteiger partial charge in [0.25, 0.3) is 0 Å². The van der Waals surface area contributed by atoms with Crippen LogP contribution in [0.2, 0.25) is 0 Å². The van der Waals surface area contributed by atoms with Gasteiger partial charge in [-0.25, -0.2) is 0 Å². The molecule has 0 fully saturated rings. The highest BCUT2D eigenvalue weighted by Crippen LogP contribution is 2.14. The lowest BCUT2D eigenvalue weighted by atomic mass is 10.2. The van der Waals surface area contributed by atoms with Gasteiger partial charge in [0.2, 0.25) is 0 Å². The molecule has 0 amide bonds. The van der Waals surface area contributed by atoms with Gasteiger partial charge in [-0.1, -0.05) is 41.1 Å². The van der Waals surface area contributed by atoms with Crippen molar-refractivity contribution >= 4 is 21.7 Å². The van der Waals surface area contributed by atoms with Gasteiger partial charge in [0.1, 0.15) is 5.78 Å². The highest BCUT2D eigenvalue weighted by atomic mass is 79.9. The van der Waals surface area contributed by atoms with E-state index in [1.54, 1.807) is 6.92 Å². The van der Waals surface area contributed by atoms with E-state index in [2.05, 4.69) is 15.9 Å². The molecule has 0 aliphatic heterocycles. The summed E-state index contributed by atoms with van der Waals surface area (Å²) in [5.74, 6) is 0.289. The van der Waals surface area contributed by atoms with E-state index in [0.717, 1.165) is 22.9 Å². The summed E-state index contributed by atoms with van der Waals surface area (Å²) in [7, 11) is 0. The fraction of sp³-hybridized carbons (Fsp3) is 0.417. The van der Waals surface area contributed by atoms with E-state index >= 15 is 0 Å². The third-order valence-corrected chi connectivity index (χ3v) is 2.50. The molecule has 0 spiro atoms. The largest absolute Gasteiger partial charge is 0.392 e. The van der Waals surface area contributed by atoms with Gasteiger partial charge in [0, 0.05) is 10.9 Å². The zero-order chi connectivity index (χ0) is 11.7. The van der Waals surface area contributed by atoms with Crippen molar-refractivity contribution < 1.29 is 9.90 Å². The van der Waals surface area contributed by atoms with Crippen LogP contribution >= 0.6 is 15.9 Å². The minimum atomic E-state index is 0.0986. The van der Waals surface area contributed by atoms with Crippen LogP contribution in [0.3, 0.4) is 0 Å². The summed E-state index contributed by atoms with van der Waals surface area (Å²) < 4.78 is 0.965. The first-order chi connectivity index (χ1) is 7.11. The number of halogens is 1. The average molecular weight is 273 g/mol. The molecule has 0 aliphatic carbocycles. The smallest absolute Gasteiger partial charge is 0.129 e. The zero-order valence-corrected chi connectivity index (χ0v) is 10.8. The predicted molar refractivity (Wildman–Crippen MR) is 65.7 cm³/mol. The van der Waals surface area contributed by atoms with Crippen molar-refractivity contribution in [3.63, 3.8) is 0 Å². The monoisotopic (exact) mass is 272 g/mol. The number of rotatable bonds is 3. The van der Waals surface area contributed by atoms with Gasteiger partial charge >= 0.3 is 0 Å². The molecule has 1 aromatic carbocycles. The number of carbonyl (C=O) groups is 1. The first kappa shape index (κ1) is 14.3. The molecular weight excluding hydrogens is 256 g/mol. The summed E-state index contributed by atoms with van der Waals surface area (Å²) in [6.07, 6.45) is 1.72. The molecule has 0 radical (unpaired) electrons. The standard InChI is InChI=1S/C7H7BrO.C5H10O/c8-7-4-2-1-3-6(7)5-9;1-3-4-5(2)6/h1-4,9H,5H2;3-4H2,1-2H3. The number of hydrogen-bond donors (Lipinski definition) is 1. The van der Waals surface area contributed by atoms with Crippen LogP contribution in [-0.4, -0.2) is 10.9 Å². The average Bonchev–Trinajstić information content (AvgIpc) is 2.19. The summed E-state index contributed by atoms with van der Waals surface area (Å²) in [5.41, 5.74) is 0.928. The molecule has 1 aromatic rings. The molecule has 2 nitrogen and oxygen atoms in total. The normalized spacial score (nSPS) is 9.07. The van der Waals surface area contributed by atoms with Crippen molar-refractivity contribution in [2.24, 2.45) is 0 Å². The van der Waals surface area contributed by atoms with E-state index in [0.29, 0.717) is 0 Å². The van der Waals surface area contributed by atoms with Crippen molar-refractivity contribution in [3.05, 3.63) is 34.3 Å². The first-order valence-corrected chi connectivity index (χ1v) is 5.74. The molecule has 3 heteroatoms. The van der Waals surface area contributed by atoms with E-state index in [9.17, 15) is 4.79 Å². The number of benzene rings is 1. The molecule has 0 heterocycles. The Balaban J connectivity index is 0.000000288. The Morgan fingerprint density at radius 1 is 1.40 bits per heavy atom. The molecule has 0 atom stereocenters. The highest BCUT2D eigenvalue weighted by Gasteiger charge is 1.92. The number of hydrogen-bond acceptors (Lipinski definition) is 2. The molecule has 0 saturated carbocycles. The van der Waals surface area contributed by atoms with E-state index < -0.39 is 0 Å². The third-order valence-electron chi connectivity index (χ3n) is 1.73. The quantitative estimate of drug-likeness (QED) is 0.917. The number of aliphatic hydroxyl groups is 1. The molecular formula is C12H17BrO2. The molecule has 0 aromatic heterocycles. The zero-order valence-electron chi connectivity index (χ0n) is 9.16. The molecule has 0 aliphatic rings. The maximum Gasteiger partial charge on any atom is 0.129 e. The van der Waals surface area contributed by atoms with Gasteiger partial charge in [0.05, 0.1) is 6.61 Å². The predicted octanol–water partition coefficient (Wildman–Crippen LogP) is 3.32. The topological polar surface area (TPSA) is 37.3 Å². The lowest BCUT2D eigenvalue weighted by molar-refractivity contribution is -0.117. The Morgan fingerprint density at radius 3 is 2.27 bits per heavy atom. The van der Waals surface area contributed by atoms with E-state index in [1.807, 2.05) is 31.2 Å². The Labute approximate surface area is 99.5 Å². The Bertz CT molecular complexity index is 297. The molecule has 0 bridgehead atoms. The highest BCUT2D eigenvalue weighted by molar-refractivity contribution is 9.10. The Kier molecular flexibility index (Phi) is 8.24. The lowest BCUT2D eigenvalue weighted by Crippen LogP contribution is -1.84.